The number of benzene rings is 1. The van der Waals surface area contributed by atoms with Gasteiger partial charge in [-0.25, -0.2) is 4.39 Å². The Morgan fingerprint density at radius 3 is 2.61 bits per heavy atom. The quantitative estimate of drug-likeness (QED) is 0.919. The van der Waals surface area contributed by atoms with Crippen LogP contribution in [-0.4, -0.2) is 29.8 Å². The maximum absolute atomic E-state index is 13.1. The SMILES string of the molecule is CC1CCN(C(=O)C2CC2C(=O)Nc2ccc(F)c(Cl)c2)CC1. The van der Waals surface area contributed by atoms with E-state index in [2.05, 4.69) is 12.2 Å². The molecule has 0 bridgehead atoms. The van der Waals surface area contributed by atoms with Crippen molar-refractivity contribution in [1.29, 1.82) is 0 Å². The maximum atomic E-state index is 13.1. The second-order valence-electron chi connectivity index (χ2n) is 6.57. The zero-order valence-corrected chi connectivity index (χ0v) is 13.8. The van der Waals surface area contributed by atoms with Crippen molar-refractivity contribution in [2.45, 2.75) is 26.2 Å². The van der Waals surface area contributed by atoms with Crippen molar-refractivity contribution in [2.24, 2.45) is 17.8 Å². The van der Waals surface area contributed by atoms with E-state index < -0.39 is 5.82 Å². The van der Waals surface area contributed by atoms with Crippen LogP contribution in [0.25, 0.3) is 0 Å². The van der Waals surface area contributed by atoms with Crippen molar-refractivity contribution in [2.75, 3.05) is 18.4 Å². The number of anilines is 1. The third-order valence-electron chi connectivity index (χ3n) is 4.73. The summed E-state index contributed by atoms with van der Waals surface area (Å²) in [6, 6.07) is 4.05. The fraction of sp³-hybridized carbons (Fsp3) is 0.529. The highest BCUT2D eigenvalue weighted by Gasteiger charge is 2.49. The molecule has 1 heterocycles. The van der Waals surface area contributed by atoms with Crippen molar-refractivity contribution in [3.8, 4) is 0 Å². The van der Waals surface area contributed by atoms with Gasteiger partial charge in [0.15, 0.2) is 0 Å². The number of halogens is 2. The minimum Gasteiger partial charge on any atom is -0.342 e. The normalized spacial score (nSPS) is 24.4. The van der Waals surface area contributed by atoms with Crippen molar-refractivity contribution in [1.82, 2.24) is 4.90 Å². The molecule has 2 fully saturated rings. The summed E-state index contributed by atoms with van der Waals surface area (Å²) < 4.78 is 13.1. The van der Waals surface area contributed by atoms with Crippen LogP contribution in [0.15, 0.2) is 18.2 Å². The van der Waals surface area contributed by atoms with Gasteiger partial charge in [-0.3, -0.25) is 9.59 Å². The highest BCUT2D eigenvalue weighted by molar-refractivity contribution is 6.31. The van der Waals surface area contributed by atoms with Crippen LogP contribution in [0.2, 0.25) is 5.02 Å². The summed E-state index contributed by atoms with van der Waals surface area (Å²) in [5, 5.41) is 2.67. The minimum absolute atomic E-state index is 0.0336. The average molecular weight is 339 g/mol. The summed E-state index contributed by atoms with van der Waals surface area (Å²) in [4.78, 5) is 26.5. The molecule has 1 aliphatic heterocycles. The number of rotatable bonds is 3. The molecule has 2 unspecified atom stereocenters. The molecule has 4 nitrogen and oxygen atoms in total. The molecule has 1 aromatic rings. The second kappa shape index (κ2) is 6.48. The number of hydrogen-bond acceptors (Lipinski definition) is 2. The van der Waals surface area contributed by atoms with Crippen molar-refractivity contribution < 1.29 is 14.0 Å². The first-order chi connectivity index (χ1) is 11.0. The van der Waals surface area contributed by atoms with Gasteiger partial charge >= 0.3 is 0 Å². The van der Waals surface area contributed by atoms with Crippen LogP contribution >= 0.6 is 11.6 Å². The van der Waals surface area contributed by atoms with Crippen LogP contribution in [0.4, 0.5) is 10.1 Å². The van der Waals surface area contributed by atoms with E-state index in [4.69, 9.17) is 11.6 Å². The Morgan fingerprint density at radius 2 is 1.96 bits per heavy atom. The average Bonchev–Trinajstić information content (AvgIpc) is 3.32. The van der Waals surface area contributed by atoms with Gasteiger partial charge in [0.2, 0.25) is 11.8 Å². The smallest absolute Gasteiger partial charge is 0.228 e. The molecule has 23 heavy (non-hydrogen) atoms. The van der Waals surface area contributed by atoms with Crippen LogP contribution in [0.3, 0.4) is 0 Å². The summed E-state index contributed by atoms with van der Waals surface area (Å²) in [6.07, 6.45) is 2.65. The molecular weight excluding hydrogens is 319 g/mol. The van der Waals surface area contributed by atoms with Crippen molar-refractivity contribution in [3.63, 3.8) is 0 Å². The van der Waals surface area contributed by atoms with Gasteiger partial charge in [-0.05, 0) is 43.4 Å². The number of nitrogens with one attached hydrogen (secondary N) is 1. The third kappa shape index (κ3) is 3.66. The van der Waals surface area contributed by atoms with E-state index in [0.29, 0.717) is 18.0 Å². The van der Waals surface area contributed by atoms with Crippen molar-refractivity contribution in [3.05, 3.63) is 29.0 Å². The zero-order chi connectivity index (χ0) is 16.6. The lowest BCUT2D eigenvalue weighted by molar-refractivity contribution is -0.135. The molecule has 124 valence electrons. The van der Waals surface area contributed by atoms with Crippen LogP contribution in [-0.2, 0) is 9.59 Å². The lowest BCUT2D eigenvalue weighted by Gasteiger charge is -2.30. The number of nitrogens with zero attached hydrogens (tertiary/aromatic N) is 1. The van der Waals surface area contributed by atoms with E-state index in [-0.39, 0.29) is 28.7 Å². The van der Waals surface area contributed by atoms with E-state index in [1.807, 2.05) is 4.90 Å². The van der Waals surface area contributed by atoms with Crippen LogP contribution in [0, 0.1) is 23.6 Å². The largest absolute Gasteiger partial charge is 0.342 e. The van der Waals surface area contributed by atoms with E-state index in [9.17, 15) is 14.0 Å². The summed E-state index contributed by atoms with van der Waals surface area (Å²) in [5.41, 5.74) is 0.450. The molecule has 2 atom stereocenters. The fourth-order valence-electron chi connectivity index (χ4n) is 3.03. The molecule has 1 saturated heterocycles. The molecule has 0 spiro atoms. The van der Waals surface area contributed by atoms with E-state index in [0.717, 1.165) is 25.9 Å². The molecule has 2 amide bonds. The topological polar surface area (TPSA) is 49.4 Å². The molecule has 0 aromatic heterocycles. The minimum atomic E-state index is -0.525. The number of likely N-dealkylation sites (tertiary alicyclic amines) is 1. The maximum Gasteiger partial charge on any atom is 0.228 e. The molecular formula is C17H20ClFN2O2. The second-order valence-corrected chi connectivity index (χ2v) is 6.98. The summed E-state index contributed by atoms with van der Waals surface area (Å²) in [5.74, 6) is -0.459. The molecule has 1 aromatic carbocycles. The Hall–Kier alpha value is -1.62. The Kier molecular flexibility index (Phi) is 4.57. The monoisotopic (exact) mass is 338 g/mol. The van der Waals surface area contributed by atoms with E-state index in [1.165, 1.54) is 18.2 Å². The van der Waals surface area contributed by atoms with Gasteiger partial charge in [0.25, 0.3) is 0 Å². The van der Waals surface area contributed by atoms with Gasteiger partial charge < -0.3 is 10.2 Å². The Balaban J connectivity index is 1.54. The molecule has 0 radical (unpaired) electrons. The summed E-state index contributed by atoms with van der Waals surface area (Å²) >= 11 is 5.70. The first kappa shape index (κ1) is 16.2. The fourth-order valence-corrected chi connectivity index (χ4v) is 3.21. The predicted molar refractivity (Wildman–Crippen MR) is 86.6 cm³/mol. The van der Waals surface area contributed by atoms with E-state index >= 15 is 0 Å². The lowest BCUT2D eigenvalue weighted by atomic mass is 9.99. The highest BCUT2D eigenvalue weighted by Crippen LogP contribution is 2.41. The highest BCUT2D eigenvalue weighted by atomic mass is 35.5. The number of amides is 2. The Labute approximate surface area is 140 Å². The van der Waals surface area contributed by atoms with Crippen molar-refractivity contribution >= 4 is 29.1 Å². The van der Waals surface area contributed by atoms with Crippen LogP contribution < -0.4 is 5.32 Å². The lowest BCUT2D eigenvalue weighted by Crippen LogP contribution is -2.39. The molecule has 1 saturated carbocycles. The molecule has 2 aliphatic rings. The third-order valence-corrected chi connectivity index (χ3v) is 5.02. The number of piperidine rings is 1. The van der Waals surface area contributed by atoms with Gasteiger partial charge in [-0.1, -0.05) is 18.5 Å². The van der Waals surface area contributed by atoms with Gasteiger partial charge in [0, 0.05) is 18.8 Å². The van der Waals surface area contributed by atoms with Gasteiger partial charge in [0.1, 0.15) is 5.82 Å². The Bertz CT molecular complexity index is 629. The standard InChI is InChI=1S/C17H20ClFN2O2/c1-10-4-6-21(7-5-10)17(23)13-9-12(13)16(22)20-11-2-3-15(19)14(18)8-11/h2-3,8,10,12-13H,4-7,9H2,1H3,(H,20,22). The molecule has 3 rings (SSSR count). The van der Waals surface area contributed by atoms with E-state index in [1.54, 1.807) is 0 Å². The first-order valence-electron chi connectivity index (χ1n) is 8.00. The number of hydrogen-bond donors (Lipinski definition) is 1. The number of carbonyl (C=O) groups is 2. The molecule has 1 aliphatic carbocycles. The number of carbonyl (C=O) groups excluding carboxylic acids is 2. The van der Waals surface area contributed by atoms with Crippen LogP contribution in [0.5, 0.6) is 0 Å². The summed E-state index contributed by atoms with van der Waals surface area (Å²) in [7, 11) is 0. The van der Waals surface area contributed by atoms with Gasteiger partial charge in [-0.2, -0.15) is 0 Å². The summed E-state index contributed by atoms with van der Waals surface area (Å²) in [6.45, 7) is 3.78. The zero-order valence-electron chi connectivity index (χ0n) is 13.0. The molecule has 1 N–H and O–H groups in total. The van der Waals surface area contributed by atoms with Gasteiger partial charge in [-0.15, -0.1) is 0 Å². The molecule has 6 heteroatoms. The first-order valence-corrected chi connectivity index (χ1v) is 8.38. The van der Waals surface area contributed by atoms with Crippen LogP contribution in [0.1, 0.15) is 26.2 Å². The predicted octanol–water partition coefficient (Wildman–Crippen LogP) is 3.31. The van der Waals surface area contributed by atoms with Gasteiger partial charge in [0.05, 0.1) is 16.9 Å². The Morgan fingerprint density at radius 1 is 1.26 bits per heavy atom.